The van der Waals surface area contributed by atoms with Crippen LogP contribution in [0.25, 0.3) is 6.08 Å². The Morgan fingerprint density at radius 1 is 1.11 bits per heavy atom. The molecule has 0 amide bonds. The van der Waals surface area contributed by atoms with Gasteiger partial charge in [0.15, 0.2) is 0 Å². The van der Waals surface area contributed by atoms with E-state index in [-0.39, 0.29) is 0 Å². The fourth-order valence-electron chi connectivity index (χ4n) is 3.67. The van der Waals surface area contributed by atoms with Gasteiger partial charge in [0.2, 0.25) is 5.95 Å². The molecule has 142 valence electrons. The molecule has 4 rings (SSSR count). The molecule has 2 aliphatic heterocycles. The molecule has 0 aliphatic carbocycles. The zero-order chi connectivity index (χ0) is 18.5. The van der Waals surface area contributed by atoms with Crippen LogP contribution < -0.4 is 10.6 Å². The number of nitrogen functional groups attached to an aromatic ring is 1. The summed E-state index contributed by atoms with van der Waals surface area (Å²) in [6.07, 6.45) is 5.44. The second-order valence-electron chi connectivity index (χ2n) is 7.17. The second kappa shape index (κ2) is 8.50. The smallest absolute Gasteiger partial charge is 0.222 e. The van der Waals surface area contributed by atoms with Gasteiger partial charge >= 0.3 is 0 Å². The highest BCUT2D eigenvalue weighted by Gasteiger charge is 2.23. The summed E-state index contributed by atoms with van der Waals surface area (Å²) in [5.41, 5.74) is 8.24. The minimum atomic E-state index is 0.346. The Balaban J connectivity index is 1.33. The van der Waals surface area contributed by atoms with Gasteiger partial charge in [-0.3, -0.25) is 4.90 Å². The quantitative estimate of drug-likeness (QED) is 0.878. The largest absolute Gasteiger partial charge is 0.381 e. The maximum Gasteiger partial charge on any atom is 0.222 e. The number of nitrogens with zero attached hydrogens (tertiary/aromatic N) is 4. The van der Waals surface area contributed by atoms with Crippen LogP contribution in [0.5, 0.6) is 0 Å². The first-order valence-electron chi connectivity index (χ1n) is 9.69. The third kappa shape index (κ3) is 4.64. The molecule has 2 fully saturated rings. The molecule has 1 atom stereocenters. The number of hydrogen-bond acceptors (Lipinski definition) is 6. The third-order valence-corrected chi connectivity index (χ3v) is 5.27. The molecule has 2 aliphatic rings. The number of nitrogens with two attached hydrogens (primary N) is 1. The van der Waals surface area contributed by atoms with Crippen LogP contribution in [0.1, 0.15) is 23.6 Å². The first-order valence-corrected chi connectivity index (χ1v) is 9.69. The number of rotatable bonds is 5. The molecular weight excluding hydrogens is 338 g/mol. The summed E-state index contributed by atoms with van der Waals surface area (Å²) >= 11 is 0. The fraction of sp³-hybridized carbons (Fsp3) is 0.429. The maximum absolute atomic E-state index is 5.97. The zero-order valence-electron chi connectivity index (χ0n) is 15.6. The van der Waals surface area contributed by atoms with Crippen molar-refractivity contribution in [3.63, 3.8) is 0 Å². The predicted octanol–water partition coefficient (Wildman–Crippen LogP) is 2.40. The molecule has 27 heavy (non-hydrogen) atoms. The van der Waals surface area contributed by atoms with Gasteiger partial charge in [0, 0.05) is 51.3 Å². The van der Waals surface area contributed by atoms with Crippen LogP contribution in [0.15, 0.2) is 42.5 Å². The highest BCUT2D eigenvalue weighted by atomic mass is 16.5. The number of benzene rings is 1. The van der Waals surface area contributed by atoms with Crippen molar-refractivity contribution in [1.29, 1.82) is 0 Å². The van der Waals surface area contributed by atoms with Crippen LogP contribution in [-0.4, -0.2) is 60.8 Å². The van der Waals surface area contributed by atoms with E-state index in [1.54, 1.807) is 0 Å². The molecule has 2 saturated heterocycles. The monoisotopic (exact) mass is 365 g/mol. The van der Waals surface area contributed by atoms with Gasteiger partial charge in [0.05, 0.1) is 12.3 Å². The molecule has 0 unspecified atom stereocenters. The van der Waals surface area contributed by atoms with Gasteiger partial charge < -0.3 is 15.4 Å². The zero-order valence-corrected chi connectivity index (χ0v) is 15.6. The maximum atomic E-state index is 5.97. The third-order valence-electron chi connectivity index (χ3n) is 5.27. The first-order chi connectivity index (χ1) is 13.3. The summed E-state index contributed by atoms with van der Waals surface area (Å²) in [5.74, 6) is 1.66. The van der Waals surface area contributed by atoms with Gasteiger partial charge in [-0.05, 0) is 12.0 Å². The molecular formula is C21H27N5O. The van der Waals surface area contributed by atoms with Crippen molar-refractivity contribution < 1.29 is 4.74 Å². The van der Waals surface area contributed by atoms with Crippen molar-refractivity contribution in [2.45, 2.75) is 12.3 Å². The first kappa shape index (κ1) is 17.9. The minimum Gasteiger partial charge on any atom is -0.381 e. The second-order valence-corrected chi connectivity index (χ2v) is 7.17. The van der Waals surface area contributed by atoms with E-state index in [4.69, 9.17) is 10.5 Å². The van der Waals surface area contributed by atoms with Gasteiger partial charge in [0.1, 0.15) is 5.82 Å². The van der Waals surface area contributed by atoms with Crippen molar-refractivity contribution in [1.82, 2.24) is 14.9 Å². The Hall–Kier alpha value is -2.44. The topological polar surface area (TPSA) is 67.5 Å². The molecule has 0 radical (unpaired) electrons. The molecule has 0 bridgehead atoms. The van der Waals surface area contributed by atoms with Crippen molar-refractivity contribution in [2.75, 3.05) is 56.6 Å². The van der Waals surface area contributed by atoms with Crippen molar-refractivity contribution in [2.24, 2.45) is 0 Å². The van der Waals surface area contributed by atoms with E-state index >= 15 is 0 Å². The summed E-state index contributed by atoms with van der Waals surface area (Å²) in [6.45, 7) is 6.46. The fourth-order valence-corrected chi connectivity index (χ4v) is 3.67. The van der Waals surface area contributed by atoms with Crippen LogP contribution in [0.2, 0.25) is 0 Å². The average Bonchev–Trinajstić information content (AvgIpc) is 3.24. The van der Waals surface area contributed by atoms with Crippen LogP contribution in [0.3, 0.4) is 0 Å². The lowest BCUT2D eigenvalue weighted by atomic mass is 10.0. The molecule has 2 N–H and O–H groups in total. The lowest BCUT2D eigenvalue weighted by molar-refractivity contribution is 0.193. The van der Waals surface area contributed by atoms with E-state index in [0.29, 0.717) is 11.9 Å². The number of piperazine rings is 1. The van der Waals surface area contributed by atoms with Crippen LogP contribution >= 0.6 is 0 Å². The van der Waals surface area contributed by atoms with Gasteiger partial charge in [-0.2, -0.15) is 4.98 Å². The minimum absolute atomic E-state index is 0.346. The van der Waals surface area contributed by atoms with E-state index in [1.165, 1.54) is 5.56 Å². The molecule has 0 saturated carbocycles. The Morgan fingerprint density at radius 3 is 2.67 bits per heavy atom. The molecule has 0 spiro atoms. The predicted molar refractivity (Wildman–Crippen MR) is 109 cm³/mol. The summed E-state index contributed by atoms with van der Waals surface area (Å²) < 4.78 is 5.49. The normalized spacial score (nSPS) is 21.2. The van der Waals surface area contributed by atoms with Gasteiger partial charge in [-0.25, -0.2) is 4.98 Å². The van der Waals surface area contributed by atoms with Crippen LogP contribution in [-0.2, 0) is 4.74 Å². The molecule has 6 heteroatoms. The number of aromatic nitrogens is 2. The van der Waals surface area contributed by atoms with E-state index < -0.39 is 0 Å². The highest BCUT2D eigenvalue weighted by molar-refractivity contribution is 5.49. The molecule has 1 aromatic heterocycles. The molecule has 1 aromatic carbocycles. The summed E-state index contributed by atoms with van der Waals surface area (Å²) in [7, 11) is 0. The van der Waals surface area contributed by atoms with Crippen LogP contribution in [0.4, 0.5) is 11.8 Å². The van der Waals surface area contributed by atoms with Crippen LogP contribution in [0, 0.1) is 0 Å². The van der Waals surface area contributed by atoms with Crippen molar-refractivity contribution >= 4 is 17.8 Å². The van der Waals surface area contributed by atoms with E-state index in [2.05, 4.69) is 62.3 Å². The van der Waals surface area contributed by atoms with E-state index in [9.17, 15) is 0 Å². The number of anilines is 2. The Bertz CT molecular complexity index is 765. The van der Waals surface area contributed by atoms with E-state index in [1.807, 2.05) is 6.07 Å². The van der Waals surface area contributed by atoms with E-state index in [0.717, 1.165) is 63.9 Å². The molecule has 3 heterocycles. The molecule has 2 aromatic rings. The Labute approximate surface area is 160 Å². The number of ether oxygens (including phenoxy) is 1. The van der Waals surface area contributed by atoms with Gasteiger partial charge in [-0.1, -0.05) is 42.5 Å². The Kier molecular flexibility index (Phi) is 5.65. The van der Waals surface area contributed by atoms with Gasteiger partial charge in [-0.15, -0.1) is 0 Å². The lowest BCUT2D eigenvalue weighted by Crippen LogP contribution is -2.46. The molecule has 6 nitrogen and oxygen atoms in total. The summed E-state index contributed by atoms with van der Waals surface area (Å²) in [6, 6.07) is 12.5. The SMILES string of the molecule is Nc1nc([C@@H]2CCOC2)cc(N2CCN(C/C=C/c3ccccc3)CC2)n1. The number of hydrogen-bond donors (Lipinski definition) is 1. The lowest BCUT2D eigenvalue weighted by Gasteiger charge is -2.35. The average molecular weight is 365 g/mol. The summed E-state index contributed by atoms with van der Waals surface area (Å²) in [4.78, 5) is 13.7. The Morgan fingerprint density at radius 2 is 1.93 bits per heavy atom. The van der Waals surface area contributed by atoms with Crippen molar-refractivity contribution in [3.05, 3.63) is 53.7 Å². The standard InChI is InChI=1S/C21H27N5O/c22-21-23-19(18-8-14-27-16-18)15-20(24-21)26-12-10-25(11-13-26)9-4-7-17-5-2-1-3-6-17/h1-7,15,18H,8-14,16H2,(H2,22,23,24)/b7-4+/t18-/m1/s1. The van der Waals surface area contributed by atoms with Crippen molar-refractivity contribution in [3.8, 4) is 0 Å². The highest BCUT2D eigenvalue weighted by Crippen LogP contribution is 2.27. The van der Waals surface area contributed by atoms with Gasteiger partial charge in [0.25, 0.3) is 0 Å². The summed E-state index contributed by atoms with van der Waals surface area (Å²) in [5, 5.41) is 0.